The highest BCUT2D eigenvalue weighted by atomic mass is 32.1. The van der Waals surface area contributed by atoms with Crippen LogP contribution in [-0.4, -0.2) is 0 Å². The first-order valence-electron chi connectivity index (χ1n) is 13.9. The molecule has 0 aliphatic carbocycles. The molecule has 0 saturated carbocycles. The summed E-state index contributed by atoms with van der Waals surface area (Å²) in [7, 11) is 0. The van der Waals surface area contributed by atoms with Gasteiger partial charge in [0.1, 0.15) is 0 Å². The summed E-state index contributed by atoms with van der Waals surface area (Å²) in [5, 5.41) is 10.5. The van der Waals surface area contributed by atoms with Gasteiger partial charge in [0.25, 0.3) is 0 Å². The number of hydrogen-bond donors (Lipinski definition) is 0. The molecule has 8 rings (SSSR count). The molecule has 8 aromatic rings. The van der Waals surface area contributed by atoms with Gasteiger partial charge in [-0.3, -0.25) is 0 Å². The fourth-order valence-corrected chi connectivity index (χ4v) is 8.99. The number of thiophene rings is 2. The maximum Gasteiger partial charge on any atom is 0.0433 e. The topological polar surface area (TPSA) is 0 Å². The number of benzene rings is 6. The molecule has 2 heterocycles. The van der Waals surface area contributed by atoms with Gasteiger partial charge in [-0.15, -0.1) is 29.1 Å². The van der Waals surface area contributed by atoms with Crippen LogP contribution in [0.25, 0.3) is 79.1 Å². The Balaban J connectivity index is 1.30. The van der Waals surface area contributed by atoms with E-state index in [9.17, 15) is 0 Å². The lowest BCUT2D eigenvalue weighted by Crippen LogP contribution is -1.87. The van der Waals surface area contributed by atoms with Crippen molar-refractivity contribution >= 4 is 90.6 Å². The molecule has 0 saturated heterocycles. The van der Waals surface area contributed by atoms with E-state index >= 15 is 0 Å². The summed E-state index contributed by atoms with van der Waals surface area (Å²) in [4.78, 5) is 0. The lowest BCUT2D eigenvalue weighted by Gasteiger charge is -2.09. The van der Waals surface area contributed by atoms with Crippen molar-refractivity contribution in [1.82, 2.24) is 0 Å². The second-order valence-corrected chi connectivity index (χ2v) is 13.1. The van der Waals surface area contributed by atoms with Crippen molar-refractivity contribution in [2.45, 2.75) is 20.8 Å². The lowest BCUT2D eigenvalue weighted by atomic mass is 9.94. The zero-order chi connectivity index (χ0) is 27.8. The molecule has 0 nitrogen and oxygen atoms in total. The van der Waals surface area contributed by atoms with Crippen LogP contribution in [0.3, 0.4) is 0 Å². The summed E-state index contributed by atoms with van der Waals surface area (Å²) in [6, 6.07) is 32.1. The van der Waals surface area contributed by atoms with Crippen LogP contribution >= 0.6 is 22.7 Å². The Labute approximate surface area is 247 Å². The van der Waals surface area contributed by atoms with Crippen molar-refractivity contribution < 1.29 is 0 Å². The third-order valence-electron chi connectivity index (χ3n) is 8.39. The third kappa shape index (κ3) is 3.67. The van der Waals surface area contributed by atoms with Crippen LogP contribution in [0.15, 0.2) is 91.0 Å². The van der Waals surface area contributed by atoms with E-state index in [1.54, 1.807) is 0 Å². The van der Waals surface area contributed by atoms with E-state index in [0.29, 0.717) is 0 Å². The van der Waals surface area contributed by atoms with Crippen LogP contribution in [0.1, 0.15) is 29.2 Å². The molecule has 0 bridgehead atoms. The molecule has 0 radical (unpaired) electrons. The van der Waals surface area contributed by atoms with Crippen LogP contribution in [-0.2, 0) is 0 Å². The van der Waals surface area contributed by atoms with Gasteiger partial charge >= 0.3 is 0 Å². The normalized spacial score (nSPS) is 12.1. The Bertz CT molecular complexity index is 2460. The molecule has 6 aromatic carbocycles. The average Bonchev–Trinajstić information content (AvgIpc) is 3.53. The van der Waals surface area contributed by atoms with Crippen molar-refractivity contribution in [2.75, 3.05) is 0 Å². The minimum atomic E-state index is 0.944. The molecule has 0 unspecified atom stereocenters. The van der Waals surface area contributed by atoms with E-state index in [1.807, 2.05) is 29.6 Å². The molecule has 0 N–H and O–H groups in total. The van der Waals surface area contributed by atoms with E-state index in [1.165, 1.54) is 84.1 Å². The van der Waals surface area contributed by atoms with Gasteiger partial charge in [-0.05, 0) is 107 Å². The maximum atomic E-state index is 5.88. The summed E-state index contributed by atoms with van der Waals surface area (Å²) in [6.07, 6.45) is 10.1. The van der Waals surface area contributed by atoms with Crippen molar-refractivity contribution in [2.24, 2.45) is 0 Å². The third-order valence-corrected chi connectivity index (χ3v) is 10.7. The summed E-state index contributed by atoms with van der Waals surface area (Å²) in [5.74, 6) is 2.89. The van der Waals surface area contributed by atoms with Crippen LogP contribution in [0.5, 0.6) is 0 Å². The second-order valence-electron chi connectivity index (χ2n) is 11.0. The van der Waals surface area contributed by atoms with Crippen LogP contribution in [0.4, 0.5) is 0 Å². The van der Waals surface area contributed by atoms with E-state index < -0.39 is 0 Å². The molecule has 0 fully saturated rings. The molecule has 0 amide bonds. The van der Waals surface area contributed by atoms with E-state index in [4.69, 9.17) is 6.42 Å². The van der Waals surface area contributed by atoms with Gasteiger partial charge in [-0.2, -0.15) is 0 Å². The Morgan fingerprint density at radius 2 is 1.39 bits per heavy atom. The van der Waals surface area contributed by atoms with Crippen molar-refractivity contribution in [3.63, 3.8) is 0 Å². The molecule has 41 heavy (non-hydrogen) atoms. The summed E-state index contributed by atoms with van der Waals surface area (Å²) < 4.78 is 5.38. The number of rotatable bonds is 2. The summed E-state index contributed by atoms with van der Waals surface area (Å²) in [5.41, 5.74) is 7.13. The van der Waals surface area contributed by atoms with Crippen LogP contribution < -0.4 is 0 Å². The first-order valence-corrected chi connectivity index (χ1v) is 15.5. The first-order chi connectivity index (χ1) is 20.0. The SMILES string of the molecule is C#Cc1cc2c(C)cc3sc4cc(-c5ccc6c(ccc7c8ccc(C)cc8sc67)c5)ccc4c3c2cc1/C=C\C. The Morgan fingerprint density at radius 3 is 2.22 bits per heavy atom. The van der Waals surface area contributed by atoms with Gasteiger partial charge < -0.3 is 0 Å². The molecule has 2 heteroatoms. The highest BCUT2D eigenvalue weighted by molar-refractivity contribution is 7.27. The fraction of sp³-hybridized carbons (Fsp3) is 0.0769. The van der Waals surface area contributed by atoms with E-state index in [2.05, 4.69) is 117 Å². The predicted molar refractivity (Wildman–Crippen MR) is 185 cm³/mol. The van der Waals surface area contributed by atoms with E-state index in [-0.39, 0.29) is 0 Å². The molecule has 0 aliphatic heterocycles. The zero-order valence-corrected chi connectivity index (χ0v) is 24.8. The second kappa shape index (κ2) is 9.05. The standard InChI is InChI=1S/C39H26S2/c1-5-7-25-20-34-33(19-24(25)6-2)23(4)17-37-38(34)32-15-10-27(21-36(32)40-37)26-9-13-29-28(18-26)11-14-31-30-12-8-22(3)16-35(30)41-39(29)31/h2,5,7-21H,1,3-4H3/b7-5-. The smallest absolute Gasteiger partial charge is 0.0433 e. The number of fused-ring (bicyclic) bond motifs is 10. The number of allylic oxidation sites excluding steroid dienone is 1. The summed E-state index contributed by atoms with van der Waals surface area (Å²) >= 11 is 3.79. The molecule has 0 aliphatic rings. The highest BCUT2D eigenvalue weighted by Crippen LogP contribution is 2.43. The number of terminal acetylenes is 1. The molecular formula is C39H26S2. The molecule has 0 atom stereocenters. The zero-order valence-electron chi connectivity index (χ0n) is 23.1. The van der Waals surface area contributed by atoms with Gasteiger partial charge in [0.15, 0.2) is 0 Å². The predicted octanol–water partition coefficient (Wildman–Crippen LogP) is 12.0. The summed E-state index contributed by atoms with van der Waals surface area (Å²) in [6.45, 7) is 6.40. The van der Waals surface area contributed by atoms with Crippen molar-refractivity contribution in [1.29, 1.82) is 0 Å². The Morgan fingerprint density at radius 1 is 0.634 bits per heavy atom. The van der Waals surface area contributed by atoms with Crippen LogP contribution in [0.2, 0.25) is 0 Å². The Kier molecular flexibility index (Phi) is 5.38. The monoisotopic (exact) mass is 558 g/mol. The molecule has 2 aromatic heterocycles. The quantitative estimate of drug-likeness (QED) is 0.185. The maximum absolute atomic E-state index is 5.88. The van der Waals surface area contributed by atoms with Gasteiger partial charge in [0.2, 0.25) is 0 Å². The van der Waals surface area contributed by atoms with Gasteiger partial charge in [-0.25, -0.2) is 0 Å². The van der Waals surface area contributed by atoms with Gasteiger partial charge in [-0.1, -0.05) is 66.6 Å². The van der Waals surface area contributed by atoms with Gasteiger partial charge in [0.05, 0.1) is 0 Å². The largest absolute Gasteiger partial charge is 0.135 e. The molecule has 0 spiro atoms. The minimum Gasteiger partial charge on any atom is -0.135 e. The number of hydrogen-bond acceptors (Lipinski definition) is 2. The minimum absolute atomic E-state index is 0.944. The van der Waals surface area contributed by atoms with E-state index in [0.717, 1.165) is 11.1 Å². The highest BCUT2D eigenvalue weighted by Gasteiger charge is 2.15. The molecule has 194 valence electrons. The Hall–Kier alpha value is -4.42. The molecular weight excluding hydrogens is 533 g/mol. The fourth-order valence-electron chi connectivity index (χ4n) is 6.39. The first kappa shape index (κ1) is 24.4. The number of aryl methyl sites for hydroxylation is 2. The van der Waals surface area contributed by atoms with Crippen molar-refractivity contribution in [3.05, 3.63) is 113 Å². The lowest BCUT2D eigenvalue weighted by molar-refractivity contribution is 1.52. The average molecular weight is 559 g/mol. The van der Waals surface area contributed by atoms with Crippen molar-refractivity contribution in [3.8, 4) is 23.5 Å². The van der Waals surface area contributed by atoms with Crippen LogP contribution in [0, 0.1) is 26.2 Å². The van der Waals surface area contributed by atoms with Gasteiger partial charge in [0, 0.05) is 45.9 Å².